The van der Waals surface area contributed by atoms with Crippen LogP contribution in [-0.2, 0) is 26.4 Å². The van der Waals surface area contributed by atoms with Gasteiger partial charge in [0.1, 0.15) is 29.8 Å². The first-order valence-corrected chi connectivity index (χ1v) is 13.9. The van der Waals surface area contributed by atoms with E-state index in [-0.39, 0.29) is 12.4 Å². The van der Waals surface area contributed by atoms with E-state index in [9.17, 15) is 13.2 Å². The molecule has 1 aliphatic carbocycles. The fourth-order valence-electron chi connectivity index (χ4n) is 4.96. The minimum absolute atomic E-state index is 0.178. The van der Waals surface area contributed by atoms with Crippen molar-refractivity contribution in [1.29, 1.82) is 0 Å². The molecule has 10 nitrogen and oxygen atoms in total. The van der Waals surface area contributed by atoms with Crippen LogP contribution in [0.2, 0.25) is 0 Å². The molecule has 1 aliphatic rings. The Bertz CT molecular complexity index is 1760. The monoisotopic (exact) mass is 592 g/mol. The topological polar surface area (TPSA) is 96.0 Å². The summed E-state index contributed by atoms with van der Waals surface area (Å²) >= 11 is 0. The molecule has 6 rings (SSSR count). The molecular formula is C30H31F3N8O2. The van der Waals surface area contributed by atoms with Gasteiger partial charge < -0.3 is 23.5 Å². The molecule has 0 spiro atoms. The fraction of sp³-hybridized carbons (Fsp3) is 0.367. The number of nitrogens with zero attached hydrogens (tertiary/aromatic N) is 8. The number of alkyl halides is 3. The zero-order valence-electron chi connectivity index (χ0n) is 24.3. The van der Waals surface area contributed by atoms with Crippen LogP contribution >= 0.6 is 0 Å². The van der Waals surface area contributed by atoms with Gasteiger partial charge in [-0.2, -0.15) is 18.2 Å². The molecule has 0 radical (unpaired) electrons. The Morgan fingerprint density at radius 1 is 1.00 bits per heavy atom. The van der Waals surface area contributed by atoms with Crippen molar-refractivity contribution in [3.63, 3.8) is 0 Å². The molecular weight excluding hydrogens is 561 g/mol. The lowest BCUT2D eigenvalue weighted by atomic mass is 10.1. The summed E-state index contributed by atoms with van der Waals surface area (Å²) < 4.78 is 54.8. The second-order valence-electron chi connectivity index (χ2n) is 10.9. The number of ether oxygens (including phenoxy) is 2. The maximum Gasteiger partial charge on any atom is 0.434 e. The third kappa shape index (κ3) is 5.89. The molecule has 1 aromatic carbocycles. The highest BCUT2D eigenvalue weighted by molar-refractivity contribution is 5.84. The largest absolute Gasteiger partial charge is 0.480 e. The summed E-state index contributed by atoms with van der Waals surface area (Å²) in [4.78, 5) is 24.5. The quantitative estimate of drug-likeness (QED) is 0.215. The Balaban J connectivity index is 1.34. The molecule has 224 valence electrons. The SMILES string of the molecule is COc1ncnc(C2CC2)c1-c1nc(OCc2ccc(-c3nc(C(F)(F)F)cn3C)cc2)c2c(ccn2CCN(C)C)n1. The van der Waals surface area contributed by atoms with E-state index in [1.165, 1.54) is 10.9 Å². The van der Waals surface area contributed by atoms with E-state index in [2.05, 4.69) is 24.4 Å². The van der Waals surface area contributed by atoms with Gasteiger partial charge in [-0.1, -0.05) is 24.3 Å². The van der Waals surface area contributed by atoms with Crippen molar-refractivity contribution < 1.29 is 22.6 Å². The van der Waals surface area contributed by atoms with Gasteiger partial charge in [-0.3, -0.25) is 0 Å². The number of aromatic nitrogens is 7. The van der Waals surface area contributed by atoms with Crippen LogP contribution < -0.4 is 9.47 Å². The van der Waals surface area contributed by atoms with Gasteiger partial charge in [0.2, 0.25) is 11.8 Å². The zero-order chi connectivity index (χ0) is 30.3. The average molecular weight is 593 g/mol. The van der Waals surface area contributed by atoms with Gasteiger partial charge in [-0.25, -0.2) is 19.9 Å². The van der Waals surface area contributed by atoms with Gasteiger partial charge in [0.05, 0.1) is 18.3 Å². The van der Waals surface area contributed by atoms with Crippen LogP contribution in [0, 0.1) is 0 Å². The first-order valence-electron chi connectivity index (χ1n) is 13.9. The van der Waals surface area contributed by atoms with E-state index in [4.69, 9.17) is 19.4 Å². The predicted octanol–water partition coefficient (Wildman–Crippen LogP) is 5.33. The summed E-state index contributed by atoms with van der Waals surface area (Å²) in [6, 6.07) is 9.01. The maximum atomic E-state index is 13.1. The highest BCUT2D eigenvalue weighted by Gasteiger charge is 2.35. The van der Waals surface area contributed by atoms with Crippen molar-refractivity contribution in [1.82, 2.24) is 39.0 Å². The van der Waals surface area contributed by atoms with Gasteiger partial charge in [-0.15, -0.1) is 0 Å². The number of benzene rings is 1. The van der Waals surface area contributed by atoms with Gasteiger partial charge >= 0.3 is 6.18 Å². The summed E-state index contributed by atoms with van der Waals surface area (Å²) in [5.74, 6) is 1.78. The number of rotatable bonds is 10. The van der Waals surface area contributed by atoms with E-state index in [1.807, 2.05) is 26.4 Å². The molecule has 0 N–H and O–H groups in total. The van der Waals surface area contributed by atoms with Crippen LogP contribution in [0.25, 0.3) is 33.8 Å². The Kier molecular flexibility index (Phi) is 7.50. The van der Waals surface area contributed by atoms with Crippen LogP contribution in [0.15, 0.2) is 49.1 Å². The standard InChI is InChI=1S/C30H31F3N8O2/c1-39(2)13-14-41-12-11-21-25(41)29(38-26(36-21)23-24(19-9-10-19)34-17-35-28(23)42-4)43-16-18-5-7-20(8-6-18)27-37-22(15-40(27)3)30(31,32)33/h5-8,11-12,15,17,19H,9-10,13-14,16H2,1-4H3. The van der Waals surface area contributed by atoms with E-state index in [1.54, 1.807) is 38.4 Å². The first-order chi connectivity index (χ1) is 20.6. The normalized spacial score (nSPS) is 13.7. The number of halogens is 3. The lowest BCUT2D eigenvalue weighted by Gasteiger charge is -2.15. The molecule has 0 aliphatic heterocycles. The highest BCUT2D eigenvalue weighted by atomic mass is 19.4. The Morgan fingerprint density at radius 2 is 1.77 bits per heavy atom. The van der Waals surface area contributed by atoms with Crippen molar-refractivity contribution in [2.24, 2.45) is 7.05 Å². The number of hydrogen-bond donors (Lipinski definition) is 0. The molecule has 0 atom stereocenters. The molecule has 43 heavy (non-hydrogen) atoms. The highest BCUT2D eigenvalue weighted by Crippen LogP contribution is 2.45. The van der Waals surface area contributed by atoms with Crippen molar-refractivity contribution in [2.45, 2.75) is 38.1 Å². The number of hydrogen-bond acceptors (Lipinski definition) is 8. The number of likely N-dealkylation sites (N-methyl/N-ethyl adjacent to an activating group) is 1. The third-order valence-electron chi connectivity index (χ3n) is 7.34. The number of imidazole rings is 1. The van der Waals surface area contributed by atoms with E-state index in [0.717, 1.165) is 47.9 Å². The summed E-state index contributed by atoms with van der Waals surface area (Å²) in [5, 5.41) is 0. The van der Waals surface area contributed by atoms with Crippen LogP contribution in [0.1, 0.15) is 35.7 Å². The van der Waals surface area contributed by atoms with E-state index >= 15 is 0 Å². The van der Waals surface area contributed by atoms with Crippen molar-refractivity contribution in [3.8, 4) is 34.5 Å². The molecule has 13 heteroatoms. The molecule has 0 unspecified atom stereocenters. The molecule has 4 aromatic heterocycles. The molecule has 1 saturated carbocycles. The number of methoxy groups -OCH3 is 1. The summed E-state index contributed by atoms with van der Waals surface area (Å²) in [5.41, 5.74) is 3.46. The van der Waals surface area contributed by atoms with Gasteiger partial charge in [0.25, 0.3) is 0 Å². The Morgan fingerprint density at radius 3 is 2.42 bits per heavy atom. The summed E-state index contributed by atoms with van der Waals surface area (Å²) in [6.45, 7) is 1.69. The molecule has 5 aromatic rings. The Labute approximate surface area is 246 Å². The minimum atomic E-state index is -4.51. The third-order valence-corrected chi connectivity index (χ3v) is 7.34. The van der Waals surface area contributed by atoms with Crippen LogP contribution in [0.5, 0.6) is 11.8 Å². The molecule has 4 heterocycles. The zero-order valence-corrected chi connectivity index (χ0v) is 24.3. The van der Waals surface area contributed by atoms with Gasteiger partial charge in [0.15, 0.2) is 11.5 Å². The summed E-state index contributed by atoms with van der Waals surface area (Å²) in [6.07, 6.45) is 2.01. The van der Waals surface area contributed by atoms with Gasteiger partial charge in [0, 0.05) is 44.0 Å². The number of fused-ring (bicyclic) bond motifs is 1. The van der Waals surface area contributed by atoms with E-state index in [0.29, 0.717) is 41.2 Å². The lowest BCUT2D eigenvalue weighted by molar-refractivity contribution is -0.140. The van der Waals surface area contributed by atoms with Gasteiger partial charge in [-0.05, 0) is 38.6 Å². The molecule has 0 bridgehead atoms. The predicted molar refractivity (Wildman–Crippen MR) is 154 cm³/mol. The van der Waals surface area contributed by atoms with Crippen LogP contribution in [-0.4, -0.2) is 66.7 Å². The van der Waals surface area contributed by atoms with Crippen molar-refractivity contribution >= 4 is 11.0 Å². The van der Waals surface area contributed by atoms with Crippen LogP contribution in [0.3, 0.4) is 0 Å². The second kappa shape index (κ2) is 11.3. The van der Waals surface area contributed by atoms with Crippen molar-refractivity contribution in [2.75, 3.05) is 27.7 Å². The lowest BCUT2D eigenvalue weighted by Crippen LogP contribution is -2.18. The van der Waals surface area contributed by atoms with Crippen LogP contribution in [0.4, 0.5) is 13.2 Å². The first kappa shape index (κ1) is 28.6. The Hall–Kier alpha value is -4.52. The minimum Gasteiger partial charge on any atom is -0.480 e. The maximum absolute atomic E-state index is 13.1. The fourth-order valence-corrected chi connectivity index (χ4v) is 4.96. The van der Waals surface area contributed by atoms with Crippen molar-refractivity contribution in [3.05, 3.63) is 66.0 Å². The summed E-state index contributed by atoms with van der Waals surface area (Å²) in [7, 11) is 7.13. The smallest absolute Gasteiger partial charge is 0.434 e. The number of aryl methyl sites for hydroxylation is 1. The molecule has 1 fully saturated rings. The average Bonchev–Trinajstić information content (AvgIpc) is 3.63. The molecule has 0 saturated heterocycles. The molecule has 0 amide bonds. The second-order valence-corrected chi connectivity index (χ2v) is 10.9. The van der Waals surface area contributed by atoms with E-state index < -0.39 is 11.9 Å².